The summed E-state index contributed by atoms with van der Waals surface area (Å²) in [6, 6.07) is 0. The molecule has 2 aromatic heterocycles. The van der Waals surface area contributed by atoms with Crippen molar-refractivity contribution < 1.29 is 27.2 Å². The lowest BCUT2D eigenvalue weighted by molar-refractivity contribution is -0.144. The van der Waals surface area contributed by atoms with Crippen LogP contribution in [0, 0.1) is 0 Å². The lowest BCUT2D eigenvalue weighted by atomic mass is 10.3. The Morgan fingerprint density at radius 3 is 2.80 bits per heavy atom. The molecular formula is C9H8F3N5O3. The van der Waals surface area contributed by atoms with Crippen LogP contribution in [0.3, 0.4) is 0 Å². The van der Waals surface area contributed by atoms with Crippen LogP contribution in [0.4, 0.5) is 13.2 Å². The average molecular weight is 291 g/mol. The van der Waals surface area contributed by atoms with E-state index >= 15 is 0 Å². The molecule has 0 spiro atoms. The minimum atomic E-state index is -4.82. The molecule has 0 amide bonds. The van der Waals surface area contributed by atoms with Gasteiger partial charge in [0.05, 0.1) is 6.61 Å². The standard InChI is InChI=1S/C9H8F3N5O3/c1-2-19-8(18)6-7(9(10,11)12)17(16-14-6)3-5-13-4-20-15-5/h4H,2-3H2,1H3. The van der Waals surface area contributed by atoms with Gasteiger partial charge in [0.1, 0.15) is 6.54 Å². The Balaban J connectivity index is 2.40. The van der Waals surface area contributed by atoms with E-state index in [2.05, 4.69) is 29.7 Å². The van der Waals surface area contributed by atoms with Crippen LogP contribution < -0.4 is 0 Å². The zero-order chi connectivity index (χ0) is 14.8. The van der Waals surface area contributed by atoms with Gasteiger partial charge in [0.15, 0.2) is 11.5 Å². The number of halogens is 3. The predicted octanol–water partition coefficient (Wildman–Crippen LogP) is 0.905. The number of hydrogen-bond acceptors (Lipinski definition) is 7. The molecule has 2 aromatic rings. The molecule has 108 valence electrons. The van der Waals surface area contributed by atoms with Gasteiger partial charge in [0.25, 0.3) is 0 Å². The number of carbonyl (C=O) groups excluding carboxylic acids is 1. The third-order valence-electron chi connectivity index (χ3n) is 2.17. The first kappa shape index (κ1) is 14.0. The number of aromatic nitrogens is 5. The Labute approximate surface area is 109 Å². The van der Waals surface area contributed by atoms with Crippen LogP contribution in [0.5, 0.6) is 0 Å². The van der Waals surface area contributed by atoms with Crippen LogP contribution >= 0.6 is 0 Å². The number of nitrogens with zero attached hydrogens (tertiary/aromatic N) is 5. The molecule has 0 aliphatic carbocycles. The predicted molar refractivity (Wildman–Crippen MR) is 54.4 cm³/mol. The van der Waals surface area contributed by atoms with Gasteiger partial charge in [-0.25, -0.2) is 9.48 Å². The van der Waals surface area contributed by atoms with E-state index in [9.17, 15) is 18.0 Å². The Morgan fingerprint density at radius 1 is 1.50 bits per heavy atom. The first-order valence-corrected chi connectivity index (χ1v) is 5.36. The molecule has 0 unspecified atom stereocenters. The van der Waals surface area contributed by atoms with E-state index in [1.54, 1.807) is 0 Å². The van der Waals surface area contributed by atoms with E-state index in [0.29, 0.717) is 4.68 Å². The van der Waals surface area contributed by atoms with Gasteiger partial charge < -0.3 is 9.26 Å². The van der Waals surface area contributed by atoms with E-state index in [0.717, 1.165) is 6.39 Å². The van der Waals surface area contributed by atoms with Crippen molar-refractivity contribution in [2.45, 2.75) is 19.6 Å². The van der Waals surface area contributed by atoms with Gasteiger partial charge in [-0.1, -0.05) is 10.4 Å². The molecule has 2 rings (SSSR count). The smallest absolute Gasteiger partial charge is 0.435 e. The first-order chi connectivity index (χ1) is 9.43. The lowest BCUT2D eigenvalue weighted by Crippen LogP contribution is -2.20. The molecule has 0 saturated heterocycles. The highest BCUT2D eigenvalue weighted by Crippen LogP contribution is 2.31. The molecule has 8 nitrogen and oxygen atoms in total. The Morgan fingerprint density at radius 2 is 2.25 bits per heavy atom. The molecule has 11 heteroatoms. The molecule has 2 heterocycles. The van der Waals surface area contributed by atoms with Crippen molar-refractivity contribution in [2.24, 2.45) is 0 Å². The second-order valence-corrected chi connectivity index (χ2v) is 3.51. The minimum Gasteiger partial charge on any atom is -0.461 e. The normalized spacial score (nSPS) is 11.6. The highest BCUT2D eigenvalue weighted by Gasteiger charge is 2.42. The van der Waals surface area contributed by atoms with Crippen molar-refractivity contribution in [2.75, 3.05) is 6.61 Å². The van der Waals surface area contributed by atoms with E-state index in [1.807, 2.05) is 0 Å². The SMILES string of the molecule is CCOC(=O)c1nnn(Cc2ncon2)c1C(F)(F)F. The quantitative estimate of drug-likeness (QED) is 0.772. The Hall–Kier alpha value is -2.46. The van der Waals surface area contributed by atoms with E-state index in [1.165, 1.54) is 6.92 Å². The summed E-state index contributed by atoms with van der Waals surface area (Å²) in [4.78, 5) is 15.0. The van der Waals surface area contributed by atoms with E-state index < -0.39 is 30.1 Å². The van der Waals surface area contributed by atoms with Crippen LogP contribution in [-0.4, -0.2) is 37.7 Å². The number of ether oxygens (including phenoxy) is 1. The summed E-state index contributed by atoms with van der Waals surface area (Å²) in [5.74, 6) is -1.23. The topological polar surface area (TPSA) is 95.9 Å². The second kappa shape index (κ2) is 5.27. The fraction of sp³-hybridized carbons (Fsp3) is 0.444. The number of alkyl halides is 3. The summed E-state index contributed by atoms with van der Waals surface area (Å²) in [6.07, 6.45) is -3.86. The number of rotatable bonds is 4. The fourth-order valence-electron chi connectivity index (χ4n) is 1.44. The van der Waals surface area contributed by atoms with Crippen molar-refractivity contribution in [1.29, 1.82) is 0 Å². The van der Waals surface area contributed by atoms with Crippen LogP contribution in [0.2, 0.25) is 0 Å². The summed E-state index contributed by atoms with van der Waals surface area (Å²) in [5, 5.41) is 9.87. The molecule has 0 aliphatic rings. The zero-order valence-corrected chi connectivity index (χ0v) is 10.1. The van der Waals surface area contributed by atoms with Gasteiger partial charge in [0, 0.05) is 0 Å². The van der Waals surface area contributed by atoms with Crippen molar-refractivity contribution in [3.63, 3.8) is 0 Å². The Bertz CT molecular complexity index is 592. The summed E-state index contributed by atoms with van der Waals surface area (Å²) in [7, 11) is 0. The molecule has 0 atom stereocenters. The molecule has 0 fully saturated rings. The Kier molecular flexibility index (Phi) is 3.68. The van der Waals surface area contributed by atoms with Gasteiger partial charge in [0.2, 0.25) is 12.1 Å². The van der Waals surface area contributed by atoms with Gasteiger partial charge >= 0.3 is 12.1 Å². The maximum absolute atomic E-state index is 13.0. The zero-order valence-electron chi connectivity index (χ0n) is 10.1. The first-order valence-electron chi connectivity index (χ1n) is 5.36. The number of esters is 1. The van der Waals surface area contributed by atoms with Crippen LogP contribution in [-0.2, 0) is 17.5 Å². The molecule has 0 radical (unpaired) electrons. The third-order valence-corrected chi connectivity index (χ3v) is 2.17. The van der Waals surface area contributed by atoms with Gasteiger partial charge in [-0.05, 0) is 6.92 Å². The van der Waals surface area contributed by atoms with Crippen LogP contribution in [0.15, 0.2) is 10.9 Å². The summed E-state index contributed by atoms with van der Waals surface area (Å²) >= 11 is 0. The lowest BCUT2D eigenvalue weighted by Gasteiger charge is -2.09. The third kappa shape index (κ3) is 2.75. The van der Waals surface area contributed by atoms with Gasteiger partial charge in [-0.15, -0.1) is 5.10 Å². The van der Waals surface area contributed by atoms with Crippen LogP contribution in [0.1, 0.15) is 28.9 Å². The summed E-state index contributed by atoms with van der Waals surface area (Å²) < 4.78 is 48.4. The molecule has 0 aromatic carbocycles. The molecule has 20 heavy (non-hydrogen) atoms. The molecule has 0 N–H and O–H groups in total. The highest BCUT2D eigenvalue weighted by molar-refractivity contribution is 5.88. The molecular weight excluding hydrogens is 283 g/mol. The maximum Gasteiger partial charge on any atom is 0.435 e. The molecule has 0 saturated carbocycles. The van der Waals surface area contributed by atoms with Gasteiger partial charge in [-0.2, -0.15) is 18.2 Å². The van der Waals surface area contributed by atoms with Crippen molar-refractivity contribution >= 4 is 5.97 Å². The van der Waals surface area contributed by atoms with Crippen molar-refractivity contribution in [3.05, 3.63) is 23.6 Å². The maximum atomic E-state index is 13.0. The van der Waals surface area contributed by atoms with Gasteiger partial charge in [-0.3, -0.25) is 0 Å². The molecule has 0 bridgehead atoms. The number of carbonyl (C=O) groups is 1. The van der Waals surface area contributed by atoms with Crippen LogP contribution in [0.25, 0.3) is 0 Å². The van der Waals surface area contributed by atoms with Crippen molar-refractivity contribution in [1.82, 2.24) is 25.1 Å². The average Bonchev–Trinajstić information content (AvgIpc) is 2.98. The minimum absolute atomic E-state index is 0.0317. The highest BCUT2D eigenvalue weighted by atomic mass is 19.4. The fourth-order valence-corrected chi connectivity index (χ4v) is 1.44. The van der Waals surface area contributed by atoms with E-state index in [4.69, 9.17) is 0 Å². The summed E-state index contributed by atoms with van der Waals surface area (Å²) in [6.45, 7) is 0.959. The van der Waals surface area contributed by atoms with E-state index in [-0.39, 0.29) is 12.4 Å². The summed E-state index contributed by atoms with van der Waals surface area (Å²) in [5.41, 5.74) is -2.22. The second-order valence-electron chi connectivity index (χ2n) is 3.51. The number of hydrogen-bond donors (Lipinski definition) is 0. The molecule has 0 aliphatic heterocycles. The monoisotopic (exact) mass is 291 g/mol. The van der Waals surface area contributed by atoms with Crippen molar-refractivity contribution in [3.8, 4) is 0 Å². The largest absolute Gasteiger partial charge is 0.461 e.